The molecule has 1 atom stereocenters. The van der Waals surface area contributed by atoms with Crippen molar-refractivity contribution in [2.24, 2.45) is 0 Å². The molecular weight excluding hydrogens is 483 g/mol. The molecule has 1 saturated carbocycles. The first-order valence-corrected chi connectivity index (χ1v) is 12.4. The second-order valence-electron chi connectivity index (χ2n) is 8.57. The Morgan fingerprint density at radius 2 is 2.09 bits per heavy atom. The lowest BCUT2D eigenvalue weighted by Gasteiger charge is -2.35. The van der Waals surface area contributed by atoms with Crippen LogP contribution in [0.3, 0.4) is 0 Å². The van der Waals surface area contributed by atoms with E-state index in [4.69, 9.17) is 0 Å². The van der Waals surface area contributed by atoms with E-state index in [1.165, 1.54) is 0 Å². The van der Waals surface area contributed by atoms with Gasteiger partial charge in [-0.15, -0.1) is 24.0 Å². The van der Waals surface area contributed by atoms with Gasteiger partial charge in [-0.25, -0.2) is 9.97 Å². The molecule has 2 aromatic heterocycles. The second-order valence-corrected chi connectivity index (χ2v) is 10.0. The average molecular weight is 508 g/mol. The van der Waals surface area contributed by atoms with Crippen molar-refractivity contribution in [3.63, 3.8) is 0 Å². The molecule has 3 aromatic rings. The summed E-state index contributed by atoms with van der Waals surface area (Å²) in [4.78, 5) is 11.5. The molecule has 2 aliphatic rings. The summed E-state index contributed by atoms with van der Waals surface area (Å²) < 4.78 is 40.8. The van der Waals surface area contributed by atoms with Crippen LogP contribution in [0.4, 0.5) is 30.5 Å². The van der Waals surface area contributed by atoms with Gasteiger partial charge in [-0.2, -0.15) is 13.2 Å². The summed E-state index contributed by atoms with van der Waals surface area (Å²) in [5.74, 6) is 0.520. The fourth-order valence-corrected chi connectivity index (χ4v) is 5.34. The first-order valence-electron chi connectivity index (χ1n) is 11.0. The zero-order valence-electron chi connectivity index (χ0n) is 18.1. The number of alkyl halides is 3. The van der Waals surface area contributed by atoms with Crippen LogP contribution in [-0.2, 0) is 6.18 Å². The molecule has 5 rings (SSSR count). The average Bonchev–Trinajstić information content (AvgIpc) is 3.58. The number of benzene rings is 1. The molecule has 1 unspecified atom stereocenters. The van der Waals surface area contributed by atoms with Gasteiger partial charge in [0.1, 0.15) is 5.56 Å². The number of nitrogens with one attached hydrogen (secondary N) is 2. The van der Waals surface area contributed by atoms with E-state index in [1.807, 2.05) is 12.1 Å². The van der Waals surface area contributed by atoms with Crippen molar-refractivity contribution in [2.45, 2.75) is 35.9 Å². The van der Waals surface area contributed by atoms with Crippen LogP contribution in [0.25, 0.3) is 10.6 Å². The monoisotopic (exact) mass is 507 g/mol. The standard InChI is InChI=1S/C23H24F3N5OS2/c24-23(25,26)18-9-28-22(30-21(18)20-8-16(33)12-34-20)29-19-4-3-15(7-17(19)13-1-2-13)31-6-5-27-14(10-31)11-32/h3-4,7-9,12-14,27,32-33H,1-2,5-6,10-11H2,(H,28,29,30). The normalized spacial score (nSPS) is 18.9. The maximum Gasteiger partial charge on any atom is 0.420 e. The number of nitrogens with zero attached hydrogens (tertiary/aromatic N) is 3. The highest BCUT2D eigenvalue weighted by atomic mass is 32.1. The van der Waals surface area contributed by atoms with Gasteiger partial charge < -0.3 is 20.6 Å². The Bertz CT molecular complexity index is 1180. The van der Waals surface area contributed by atoms with Crippen LogP contribution >= 0.6 is 24.0 Å². The zero-order valence-corrected chi connectivity index (χ0v) is 19.9. The van der Waals surface area contributed by atoms with Gasteiger partial charge in [0.15, 0.2) is 0 Å². The Hall–Kier alpha value is -2.34. The topological polar surface area (TPSA) is 73.3 Å². The van der Waals surface area contributed by atoms with Gasteiger partial charge in [0, 0.05) is 53.5 Å². The fraction of sp³-hybridized carbons (Fsp3) is 0.391. The van der Waals surface area contributed by atoms with Crippen LogP contribution < -0.4 is 15.5 Å². The third kappa shape index (κ3) is 5.02. The summed E-state index contributed by atoms with van der Waals surface area (Å²) in [5.41, 5.74) is 1.95. The van der Waals surface area contributed by atoms with E-state index in [0.717, 1.165) is 60.4 Å². The number of rotatable bonds is 6. The lowest BCUT2D eigenvalue weighted by atomic mass is 10.1. The minimum atomic E-state index is -4.56. The van der Waals surface area contributed by atoms with Crippen molar-refractivity contribution in [3.8, 4) is 10.6 Å². The largest absolute Gasteiger partial charge is 0.420 e. The third-order valence-electron chi connectivity index (χ3n) is 6.05. The number of piperazine rings is 1. The fourth-order valence-electron chi connectivity index (χ4n) is 4.18. The molecule has 0 radical (unpaired) electrons. The quantitative estimate of drug-likeness (QED) is 0.356. The number of aliphatic hydroxyl groups is 1. The summed E-state index contributed by atoms with van der Waals surface area (Å²) in [6.45, 7) is 2.43. The summed E-state index contributed by atoms with van der Waals surface area (Å²) in [6.07, 6.45) is -1.59. The number of thiophene rings is 1. The van der Waals surface area contributed by atoms with E-state index in [9.17, 15) is 18.3 Å². The Morgan fingerprint density at radius 3 is 2.76 bits per heavy atom. The first kappa shape index (κ1) is 23.4. The van der Waals surface area contributed by atoms with Crippen LogP contribution in [0.15, 0.2) is 40.7 Å². The SMILES string of the molecule is OCC1CN(c2ccc(Nc3ncc(C(F)(F)F)c(-c4cc(S)cs4)n3)c(C3CC3)c2)CCN1. The van der Waals surface area contributed by atoms with Crippen molar-refractivity contribution in [2.75, 3.05) is 36.5 Å². The van der Waals surface area contributed by atoms with Gasteiger partial charge in [-0.1, -0.05) is 0 Å². The predicted molar refractivity (Wildman–Crippen MR) is 130 cm³/mol. The van der Waals surface area contributed by atoms with E-state index in [0.29, 0.717) is 22.2 Å². The number of anilines is 3. The number of hydrogen-bond acceptors (Lipinski definition) is 8. The highest BCUT2D eigenvalue weighted by Gasteiger charge is 2.36. The predicted octanol–water partition coefficient (Wildman–Crippen LogP) is 4.90. The molecule has 11 heteroatoms. The van der Waals surface area contributed by atoms with E-state index < -0.39 is 11.7 Å². The Balaban J connectivity index is 1.46. The van der Waals surface area contributed by atoms with Gasteiger partial charge in [0.25, 0.3) is 0 Å². The summed E-state index contributed by atoms with van der Waals surface area (Å²) in [6, 6.07) is 7.68. The van der Waals surface area contributed by atoms with Gasteiger partial charge in [0.05, 0.1) is 17.2 Å². The van der Waals surface area contributed by atoms with Crippen LogP contribution in [0, 0.1) is 0 Å². The molecule has 2 fully saturated rings. The van der Waals surface area contributed by atoms with Crippen LogP contribution in [0.2, 0.25) is 0 Å². The van der Waals surface area contributed by atoms with Crippen molar-refractivity contribution in [3.05, 3.63) is 47.0 Å². The molecule has 34 heavy (non-hydrogen) atoms. The minimum absolute atomic E-state index is 0.0323. The van der Waals surface area contributed by atoms with Crippen LogP contribution in [-0.4, -0.2) is 47.4 Å². The van der Waals surface area contributed by atoms with Gasteiger partial charge in [-0.3, -0.25) is 0 Å². The molecule has 1 saturated heterocycles. The Labute approximate surface area is 204 Å². The number of aromatic nitrogens is 2. The molecule has 0 spiro atoms. The highest BCUT2D eigenvalue weighted by Crippen LogP contribution is 2.45. The molecule has 3 heterocycles. The molecule has 0 amide bonds. The molecule has 180 valence electrons. The molecule has 1 aliphatic heterocycles. The van der Waals surface area contributed by atoms with Crippen molar-refractivity contribution in [1.82, 2.24) is 15.3 Å². The maximum atomic E-state index is 13.6. The molecule has 0 bridgehead atoms. The highest BCUT2D eigenvalue weighted by molar-refractivity contribution is 7.80. The lowest BCUT2D eigenvalue weighted by molar-refractivity contribution is -0.137. The molecule has 1 aliphatic carbocycles. The van der Waals surface area contributed by atoms with Gasteiger partial charge in [-0.05, 0) is 48.6 Å². The first-order chi connectivity index (χ1) is 16.3. The van der Waals surface area contributed by atoms with Crippen LogP contribution in [0.5, 0.6) is 0 Å². The van der Waals surface area contributed by atoms with Gasteiger partial charge in [0.2, 0.25) is 5.95 Å². The van der Waals surface area contributed by atoms with Crippen LogP contribution in [0.1, 0.15) is 29.9 Å². The van der Waals surface area contributed by atoms with Crippen molar-refractivity contribution < 1.29 is 18.3 Å². The third-order valence-corrected chi connectivity index (χ3v) is 7.42. The smallest absolute Gasteiger partial charge is 0.395 e. The Morgan fingerprint density at radius 1 is 1.26 bits per heavy atom. The number of aliphatic hydroxyl groups excluding tert-OH is 1. The molecular formula is C23H24F3N5OS2. The summed E-state index contributed by atoms with van der Waals surface area (Å²) in [5, 5.41) is 17.6. The van der Waals surface area contributed by atoms with E-state index >= 15 is 0 Å². The molecule has 3 N–H and O–H groups in total. The van der Waals surface area contributed by atoms with Gasteiger partial charge >= 0.3 is 6.18 Å². The second kappa shape index (κ2) is 9.37. The number of hydrogen-bond donors (Lipinski definition) is 4. The Kier molecular flexibility index (Phi) is 6.45. The van der Waals surface area contributed by atoms with E-state index in [2.05, 4.69) is 44.2 Å². The van der Waals surface area contributed by atoms with Crippen molar-refractivity contribution >= 4 is 41.3 Å². The van der Waals surface area contributed by atoms with E-state index in [-0.39, 0.29) is 24.3 Å². The maximum absolute atomic E-state index is 13.6. The van der Waals surface area contributed by atoms with E-state index in [1.54, 1.807) is 11.4 Å². The summed E-state index contributed by atoms with van der Waals surface area (Å²) >= 11 is 5.39. The lowest BCUT2D eigenvalue weighted by Crippen LogP contribution is -2.52. The van der Waals surface area contributed by atoms with Crippen molar-refractivity contribution in [1.29, 1.82) is 0 Å². The number of thiol groups is 1. The minimum Gasteiger partial charge on any atom is -0.395 e. The zero-order chi connectivity index (χ0) is 23.9. The number of halogens is 3. The molecule has 1 aromatic carbocycles. The summed E-state index contributed by atoms with van der Waals surface area (Å²) in [7, 11) is 0. The molecule has 6 nitrogen and oxygen atoms in total.